The van der Waals surface area contributed by atoms with E-state index in [1.54, 1.807) is 24.3 Å². The van der Waals surface area contributed by atoms with Gasteiger partial charge in [0, 0.05) is 11.6 Å². The number of hydrogen-bond donors (Lipinski definition) is 1. The second kappa shape index (κ2) is 6.25. The van der Waals surface area contributed by atoms with Crippen LogP contribution in [0.2, 0.25) is 5.02 Å². The van der Waals surface area contributed by atoms with E-state index < -0.39 is 6.10 Å². The van der Waals surface area contributed by atoms with Crippen LogP contribution >= 0.6 is 11.6 Å². The Hall–Kier alpha value is -1.22. The lowest BCUT2D eigenvalue weighted by Crippen LogP contribution is -2.52. The Morgan fingerprint density at radius 3 is 2.25 bits per heavy atom. The fraction of sp³-hybridized carbons (Fsp3) is 0.650. The monoisotopic (exact) mass is 347 g/mol. The predicted molar refractivity (Wildman–Crippen MR) is 95.2 cm³/mol. The van der Waals surface area contributed by atoms with Crippen molar-refractivity contribution in [3.05, 3.63) is 29.3 Å². The molecule has 3 nitrogen and oxygen atoms in total. The van der Waals surface area contributed by atoms with Crippen molar-refractivity contribution in [1.29, 1.82) is 0 Å². The summed E-state index contributed by atoms with van der Waals surface area (Å²) < 4.78 is 5.73. The van der Waals surface area contributed by atoms with Crippen LogP contribution in [0.15, 0.2) is 24.3 Å². The van der Waals surface area contributed by atoms with Crippen LogP contribution in [0.5, 0.6) is 5.75 Å². The second-order valence-electron chi connectivity index (χ2n) is 8.35. The predicted octanol–water partition coefficient (Wildman–Crippen LogP) is 4.44. The summed E-state index contributed by atoms with van der Waals surface area (Å²) in [5, 5.41) is 3.85. The Kier molecular flexibility index (Phi) is 4.24. The van der Waals surface area contributed by atoms with Crippen molar-refractivity contribution >= 4 is 17.5 Å². The van der Waals surface area contributed by atoms with Crippen molar-refractivity contribution in [3.63, 3.8) is 0 Å². The molecule has 0 aliphatic heterocycles. The van der Waals surface area contributed by atoms with E-state index in [9.17, 15) is 4.79 Å². The Morgan fingerprint density at radius 2 is 1.71 bits per heavy atom. The second-order valence-corrected chi connectivity index (χ2v) is 8.79. The lowest BCUT2D eigenvalue weighted by molar-refractivity contribution is -0.129. The molecule has 4 aliphatic rings. The van der Waals surface area contributed by atoms with Crippen LogP contribution in [-0.2, 0) is 4.79 Å². The molecule has 1 aromatic rings. The van der Waals surface area contributed by atoms with Crippen molar-refractivity contribution in [2.75, 3.05) is 6.54 Å². The minimum Gasteiger partial charge on any atom is -0.481 e. The number of hydrogen-bond acceptors (Lipinski definition) is 2. The summed E-state index contributed by atoms with van der Waals surface area (Å²) in [6.07, 6.45) is 7.75. The highest BCUT2D eigenvalue weighted by atomic mass is 35.5. The maximum atomic E-state index is 12.4. The smallest absolute Gasteiger partial charge is 0.260 e. The Balaban J connectivity index is 1.32. The number of rotatable bonds is 5. The third-order valence-electron chi connectivity index (χ3n) is 6.30. The van der Waals surface area contributed by atoms with Crippen LogP contribution in [0.4, 0.5) is 0 Å². The SMILES string of the molecule is CC(Oc1ccc(Cl)cc1)C(=O)NCC12CC3CC(CC(C3)C1)C2. The first-order chi connectivity index (χ1) is 11.5. The molecule has 1 atom stereocenters. The summed E-state index contributed by atoms with van der Waals surface area (Å²) in [5.41, 5.74) is 0.365. The molecule has 24 heavy (non-hydrogen) atoms. The van der Waals surface area contributed by atoms with Gasteiger partial charge < -0.3 is 10.1 Å². The van der Waals surface area contributed by atoms with Crippen LogP contribution in [0.1, 0.15) is 45.4 Å². The molecular weight excluding hydrogens is 322 g/mol. The molecule has 4 heteroatoms. The van der Waals surface area contributed by atoms with Gasteiger partial charge >= 0.3 is 0 Å². The normalized spacial score (nSPS) is 34.8. The molecule has 0 radical (unpaired) electrons. The van der Waals surface area contributed by atoms with Crippen LogP contribution in [0.25, 0.3) is 0 Å². The Morgan fingerprint density at radius 1 is 1.17 bits per heavy atom. The van der Waals surface area contributed by atoms with Gasteiger partial charge in [0.2, 0.25) is 0 Å². The summed E-state index contributed by atoms with van der Waals surface area (Å²) in [6.45, 7) is 2.63. The molecule has 1 N–H and O–H groups in total. The zero-order valence-corrected chi connectivity index (χ0v) is 15.0. The highest BCUT2D eigenvalue weighted by Gasteiger charge is 2.50. The Labute approximate surface area is 149 Å². The van der Waals surface area contributed by atoms with Gasteiger partial charge in [-0.2, -0.15) is 0 Å². The van der Waals surface area contributed by atoms with E-state index >= 15 is 0 Å². The van der Waals surface area contributed by atoms with Crippen LogP contribution in [-0.4, -0.2) is 18.6 Å². The molecule has 4 aliphatic carbocycles. The van der Waals surface area contributed by atoms with E-state index in [2.05, 4.69) is 5.32 Å². The molecule has 1 aromatic carbocycles. The van der Waals surface area contributed by atoms with Gasteiger partial charge in [0.15, 0.2) is 6.10 Å². The first-order valence-electron chi connectivity index (χ1n) is 9.21. The summed E-state index contributed by atoms with van der Waals surface area (Å²) in [7, 11) is 0. The van der Waals surface area contributed by atoms with Gasteiger partial charge in [0.25, 0.3) is 5.91 Å². The molecule has 4 bridgehead atoms. The van der Waals surface area contributed by atoms with Gasteiger partial charge in [-0.15, -0.1) is 0 Å². The number of benzene rings is 1. The van der Waals surface area contributed by atoms with E-state index in [0.29, 0.717) is 16.2 Å². The molecule has 130 valence electrons. The number of halogens is 1. The van der Waals surface area contributed by atoms with Crippen molar-refractivity contribution in [2.24, 2.45) is 23.2 Å². The fourth-order valence-corrected chi connectivity index (χ4v) is 5.82. The van der Waals surface area contributed by atoms with E-state index in [-0.39, 0.29) is 5.91 Å². The number of carbonyl (C=O) groups is 1. The molecule has 0 aromatic heterocycles. The number of amides is 1. The number of carbonyl (C=O) groups excluding carboxylic acids is 1. The average molecular weight is 348 g/mol. The maximum Gasteiger partial charge on any atom is 0.260 e. The summed E-state index contributed by atoms with van der Waals surface area (Å²) in [4.78, 5) is 12.4. The van der Waals surface area contributed by atoms with Crippen molar-refractivity contribution in [2.45, 2.75) is 51.6 Å². The summed E-state index contributed by atoms with van der Waals surface area (Å²) in [5.74, 6) is 3.40. The quantitative estimate of drug-likeness (QED) is 0.855. The van der Waals surface area contributed by atoms with E-state index in [4.69, 9.17) is 16.3 Å². The zero-order chi connectivity index (χ0) is 16.7. The molecule has 4 saturated carbocycles. The van der Waals surface area contributed by atoms with Gasteiger partial charge in [-0.1, -0.05) is 11.6 Å². The Bertz CT molecular complexity index is 577. The molecule has 4 fully saturated rings. The van der Waals surface area contributed by atoms with Gasteiger partial charge in [0.05, 0.1) is 0 Å². The largest absolute Gasteiger partial charge is 0.481 e. The lowest BCUT2D eigenvalue weighted by atomic mass is 9.49. The molecular formula is C20H26ClNO2. The minimum absolute atomic E-state index is 0.0132. The van der Waals surface area contributed by atoms with Crippen molar-refractivity contribution < 1.29 is 9.53 Å². The van der Waals surface area contributed by atoms with E-state index in [0.717, 1.165) is 24.3 Å². The topological polar surface area (TPSA) is 38.3 Å². The molecule has 0 heterocycles. The number of nitrogens with one attached hydrogen (secondary N) is 1. The van der Waals surface area contributed by atoms with E-state index in [1.807, 2.05) is 6.92 Å². The first kappa shape index (κ1) is 16.3. The lowest BCUT2D eigenvalue weighted by Gasteiger charge is -2.56. The zero-order valence-electron chi connectivity index (χ0n) is 14.3. The maximum absolute atomic E-state index is 12.4. The third kappa shape index (κ3) is 3.28. The molecule has 5 rings (SSSR count). The van der Waals surface area contributed by atoms with Gasteiger partial charge in [-0.05, 0) is 92.9 Å². The fourth-order valence-electron chi connectivity index (χ4n) is 5.70. The molecule has 0 saturated heterocycles. The van der Waals surface area contributed by atoms with Crippen LogP contribution in [0, 0.1) is 23.2 Å². The minimum atomic E-state index is -0.486. The van der Waals surface area contributed by atoms with Crippen molar-refractivity contribution in [3.8, 4) is 5.75 Å². The summed E-state index contributed by atoms with van der Waals surface area (Å²) >= 11 is 5.88. The van der Waals surface area contributed by atoms with Gasteiger partial charge in [-0.3, -0.25) is 4.79 Å². The first-order valence-corrected chi connectivity index (χ1v) is 9.59. The van der Waals surface area contributed by atoms with Crippen LogP contribution < -0.4 is 10.1 Å². The highest BCUT2D eigenvalue weighted by Crippen LogP contribution is 2.59. The van der Waals surface area contributed by atoms with E-state index in [1.165, 1.54) is 38.5 Å². The van der Waals surface area contributed by atoms with Crippen LogP contribution in [0.3, 0.4) is 0 Å². The summed E-state index contributed by atoms with van der Waals surface area (Å²) in [6, 6.07) is 7.14. The highest BCUT2D eigenvalue weighted by molar-refractivity contribution is 6.30. The van der Waals surface area contributed by atoms with Gasteiger partial charge in [0.1, 0.15) is 5.75 Å². The standard InChI is InChI=1S/C20H26ClNO2/c1-13(24-18-4-2-17(21)3-5-18)19(23)22-12-20-9-14-6-15(10-20)8-16(7-14)11-20/h2-5,13-16H,6-12H2,1H3,(H,22,23). The molecule has 0 spiro atoms. The van der Waals surface area contributed by atoms with Gasteiger partial charge in [-0.25, -0.2) is 0 Å². The van der Waals surface area contributed by atoms with Crippen molar-refractivity contribution in [1.82, 2.24) is 5.32 Å². The molecule has 1 unspecified atom stereocenters. The molecule has 1 amide bonds. The average Bonchev–Trinajstić information content (AvgIpc) is 2.53. The third-order valence-corrected chi connectivity index (χ3v) is 6.55. The number of ether oxygens (including phenoxy) is 1.